The van der Waals surface area contributed by atoms with Crippen LogP contribution in [0.25, 0.3) is 0 Å². The fraction of sp³-hybridized carbons (Fsp3) is 0.333. The van der Waals surface area contributed by atoms with Crippen LogP contribution in [0.1, 0.15) is 28.8 Å². The Kier molecular flexibility index (Phi) is 4.37. The topological polar surface area (TPSA) is 59.2 Å². The van der Waals surface area contributed by atoms with Crippen molar-refractivity contribution in [3.63, 3.8) is 0 Å². The normalized spacial score (nSPS) is 15.7. The van der Waals surface area contributed by atoms with Crippen LogP contribution in [-0.2, 0) is 6.42 Å². The molecule has 0 unspecified atom stereocenters. The summed E-state index contributed by atoms with van der Waals surface area (Å²) in [6.45, 7) is 1.64. The highest BCUT2D eigenvalue weighted by Gasteiger charge is 2.23. The third-order valence-corrected chi connectivity index (χ3v) is 4.30. The van der Waals surface area contributed by atoms with E-state index in [0.29, 0.717) is 17.3 Å². The molecule has 0 saturated carbocycles. The summed E-state index contributed by atoms with van der Waals surface area (Å²) in [4.78, 5) is 18.3. The number of carbonyl (C=O) groups excluding carboxylic acids is 1. The third-order valence-electron chi connectivity index (χ3n) is 4.30. The van der Waals surface area contributed by atoms with Crippen molar-refractivity contribution in [2.24, 2.45) is 5.92 Å². The molecule has 4 heteroatoms. The fourth-order valence-electron chi connectivity index (χ4n) is 3.05. The van der Waals surface area contributed by atoms with E-state index in [1.807, 2.05) is 11.0 Å². The van der Waals surface area contributed by atoms with Crippen molar-refractivity contribution in [2.75, 3.05) is 18.8 Å². The average Bonchev–Trinajstić information content (AvgIpc) is 2.56. The molecule has 0 atom stereocenters. The molecule has 3 rings (SSSR count). The van der Waals surface area contributed by atoms with Gasteiger partial charge in [0.05, 0.1) is 0 Å². The molecule has 0 radical (unpaired) electrons. The number of anilines is 1. The van der Waals surface area contributed by atoms with E-state index in [1.54, 1.807) is 18.3 Å². The highest BCUT2D eigenvalue weighted by Crippen LogP contribution is 2.23. The molecule has 1 saturated heterocycles. The number of hydrogen-bond acceptors (Lipinski definition) is 3. The minimum atomic E-state index is 0.0623. The Hall–Kier alpha value is -2.36. The molecular formula is C18H21N3O. The lowest BCUT2D eigenvalue weighted by atomic mass is 9.90. The molecule has 4 nitrogen and oxygen atoms in total. The Balaban J connectivity index is 1.56. The first-order chi connectivity index (χ1) is 10.7. The molecule has 2 N–H and O–H groups in total. The predicted octanol–water partition coefficient (Wildman–Crippen LogP) is 2.76. The van der Waals surface area contributed by atoms with E-state index in [2.05, 4.69) is 29.2 Å². The van der Waals surface area contributed by atoms with E-state index in [1.165, 1.54) is 5.56 Å². The first kappa shape index (κ1) is 14.6. The van der Waals surface area contributed by atoms with Crippen LogP contribution in [-0.4, -0.2) is 28.9 Å². The van der Waals surface area contributed by atoms with Crippen molar-refractivity contribution >= 4 is 11.7 Å². The first-order valence-corrected chi connectivity index (χ1v) is 7.77. The van der Waals surface area contributed by atoms with Gasteiger partial charge in [0.15, 0.2) is 0 Å². The fourth-order valence-corrected chi connectivity index (χ4v) is 3.05. The van der Waals surface area contributed by atoms with Gasteiger partial charge in [0.2, 0.25) is 0 Å². The number of likely N-dealkylation sites (tertiary alicyclic amines) is 1. The van der Waals surface area contributed by atoms with Gasteiger partial charge in [0.25, 0.3) is 5.91 Å². The maximum Gasteiger partial charge on any atom is 0.254 e. The molecule has 0 aliphatic carbocycles. The van der Waals surface area contributed by atoms with Crippen molar-refractivity contribution < 1.29 is 4.79 Å². The average molecular weight is 295 g/mol. The van der Waals surface area contributed by atoms with Crippen LogP contribution in [0.4, 0.5) is 5.82 Å². The Morgan fingerprint density at radius 1 is 1.18 bits per heavy atom. The third kappa shape index (κ3) is 3.45. The zero-order valence-corrected chi connectivity index (χ0v) is 12.6. The number of hydrogen-bond donors (Lipinski definition) is 1. The van der Waals surface area contributed by atoms with Crippen molar-refractivity contribution in [1.29, 1.82) is 0 Å². The number of carbonyl (C=O) groups is 1. The van der Waals surface area contributed by atoms with E-state index < -0.39 is 0 Å². The Morgan fingerprint density at radius 2 is 1.91 bits per heavy atom. The smallest absolute Gasteiger partial charge is 0.254 e. The highest BCUT2D eigenvalue weighted by atomic mass is 16.2. The van der Waals surface area contributed by atoms with Gasteiger partial charge in [-0.15, -0.1) is 0 Å². The largest absolute Gasteiger partial charge is 0.384 e. The lowest BCUT2D eigenvalue weighted by molar-refractivity contribution is 0.0690. The van der Waals surface area contributed by atoms with Crippen LogP contribution in [0.3, 0.4) is 0 Å². The summed E-state index contributed by atoms with van der Waals surface area (Å²) in [7, 11) is 0. The number of amides is 1. The number of pyridine rings is 1. The number of nitrogens with zero attached hydrogens (tertiary/aromatic N) is 2. The summed E-state index contributed by atoms with van der Waals surface area (Å²) < 4.78 is 0. The van der Waals surface area contributed by atoms with Gasteiger partial charge in [0, 0.05) is 24.8 Å². The van der Waals surface area contributed by atoms with Crippen LogP contribution >= 0.6 is 0 Å². The zero-order chi connectivity index (χ0) is 15.4. The Bertz CT molecular complexity index is 634. The monoisotopic (exact) mass is 295 g/mol. The van der Waals surface area contributed by atoms with Crippen LogP contribution in [0, 0.1) is 5.92 Å². The van der Waals surface area contributed by atoms with E-state index >= 15 is 0 Å². The number of benzene rings is 1. The summed E-state index contributed by atoms with van der Waals surface area (Å²) in [6.07, 6.45) is 4.80. The predicted molar refractivity (Wildman–Crippen MR) is 87.4 cm³/mol. The molecule has 2 aromatic rings. The van der Waals surface area contributed by atoms with E-state index in [9.17, 15) is 4.79 Å². The van der Waals surface area contributed by atoms with E-state index in [-0.39, 0.29) is 5.91 Å². The summed E-state index contributed by atoms with van der Waals surface area (Å²) in [5.41, 5.74) is 7.67. The van der Waals surface area contributed by atoms with Crippen LogP contribution < -0.4 is 5.73 Å². The molecule has 1 aliphatic heterocycles. The van der Waals surface area contributed by atoms with Gasteiger partial charge in [-0.05, 0) is 42.9 Å². The van der Waals surface area contributed by atoms with Crippen molar-refractivity contribution in [2.45, 2.75) is 19.3 Å². The molecule has 0 bridgehead atoms. The van der Waals surface area contributed by atoms with Crippen molar-refractivity contribution in [3.05, 3.63) is 59.8 Å². The Morgan fingerprint density at radius 3 is 2.59 bits per heavy atom. The summed E-state index contributed by atoms with van der Waals surface area (Å²) in [5.74, 6) is 1.12. The Labute approximate surface area is 131 Å². The van der Waals surface area contributed by atoms with Gasteiger partial charge in [0.1, 0.15) is 5.82 Å². The van der Waals surface area contributed by atoms with Gasteiger partial charge in [-0.3, -0.25) is 4.79 Å². The SMILES string of the molecule is Nc1cc(C(=O)N2CCC(Cc3ccccc3)CC2)ccn1. The summed E-state index contributed by atoms with van der Waals surface area (Å²) >= 11 is 0. The highest BCUT2D eigenvalue weighted by molar-refractivity contribution is 5.94. The molecule has 1 aromatic heterocycles. The van der Waals surface area contributed by atoms with Crippen LogP contribution in [0.5, 0.6) is 0 Å². The number of nitrogens with two attached hydrogens (primary N) is 1. The molecule has 0 spiro atoms. The van der Waals surface area contributed by atoms with Crippen LogP contribution in [0.2, 0.25) is 0 Å². The zero-order valence-electron chi connectivity index (χ0n) is 12.6. The molecule has 2 heterocycles. The summed E-state index contributed by atoms with van der Waals surface area (Å²) in [6, 6.07) is 14.0. The lowest BCUT2D eigenvalue weighted by Crippen LogP contribution is -2.38. The maximum atomic E-state index is 12.5. The molecule has 1 aromatic carbocycles. The molecule has 22 heavy (non-hydrogen) atoms. The first-order valence-electron chi connectivity index (χ1n) is 7.77. The second-order valence-electron chi connectivity index (χ2n) is 5.89. The standard InChI is InChI=1S/C18H21N3O/c19-17-13-16(6-9-20-17)18(22)21-10-7-15(8-11-21)12-14-4-2-1-3-5-14/h1-6,9,13,15H,7-8,10-12H2,(H2,19,20). The van der Waals surface area contributed by atoms with Crippen molar-refractivity contribution in [3.8, 4) is 0 Å². The van der Waals surface area contributed by atoms with E-state index in [0.717, 1.165) is 32.4 Å². The van der Waals surface area contributed by atoms with Gasteiger partial charge >= 0.3 is 0 Å². The molecule has 1 amide bonds. The van der Waals surface area contributed by atoms with Gasteiger partial charge < -0.3 is 10.6 Å². The minimum absolute atomic E-state index is 0.0623. The number of nitrogen functional groups attached to an aromatic ring is 1. The molecule has 114 valence electrons. The molecule has 1 aliphatic rings. The molecule has 1 fully saturated rings. The van der Waals surface area contributed by atoms with Gasteiger partial charge in [-0.25, -0.2) is 4.98 Å². The quantitative estimate of drug-likeness (QED) is 0.947. The van der Waals surface area contributed by atoms with E-state index in [4.69, 9.17) is 5.73 Å². The molecular weight excluding hydrogens is 274 g/mol. The second-order valence-corrected chi connectivity index (χ2v) is 5.89. The minimum Gasteiger partial charge on any atom is -0.384 e. The number of piperidine rings is 1. The van der Waals surface area contributed by atoms with Crippen molar-refractivity contribution in [1.82, 2.24) is 9.88 Å². The maximum absolute atomic E-state index is 12.5. The second kappa shape index (κ2) is 6.60. The summed E-state index contributed by atoms with van der Waals surface area (Å²) in [5, 5.41) is 0. The number of rotatable bonds is 3. The van der Waals surface area contributed by atoms with Gasteiger partial charge in [-0.2, -0.15) is 0 Å². The number of aromatic nitrogens is 1. The lowest BCUT2D eigenvalue weighted by Gasteiger charge is -2.32. The van der Waals surface area contributed by atoms with Crippen LogP contribution in [0.15, 0.2) is 48.7 Å². The van der Waals surface area contributed by atoms with Gasteiger partial charge in [-0.1, -0.05) is 30.3 Å².